The molecule has 140 valence electrons. The van der Waals surface area contributed by atoms with Crippen LogP contribution >= 0.6 is 34.5 Å². The number of halogens is 3. The molecule has 2 aromatic carbocycles. The summed E-state index contributed by atoms with van der Waals surface area (Å²) in [6.45, 7) is 0.244. The summed E-state index contributed by atoms with van der Waals surface area (Å²) in [6.07, 6.45) is 3.34. The number of benzene rings is 2. The van der Waals surface area contributed by atoms with Gasteiger partial charge in [0.15, 0.2) is 5.13 Å². The Balaban J connectivity index is 1.79. The molecular weight excluding hydrogens is 420 g/mol. The van der Waals surface area contributed by atoms with Crippen molar-refractivity contribution in [3.63, 3.8) is 0 Å². The van der Waals surface area contributed by atoms with Gasteiger partial charge in [0.2, 0.25) is 0 Å². The third-order valence-electron chi connectivity index (χ3n) is 4.04. The van der Waals surface area contributed by atoms with Crippen molar-refractivity contribution in [2.75, 3.05) is 4.90 Å². The van der Waals surface area contributed by atoms with E-state index in [1.807, 2.05) is 6.07 Å². The summed E-state index contributed by atoms with van der Waals surface area (Å²) in [5, 5.41) is 1.13. The summed E-state index contributed by atoms with van der Waals surface area (Å²) in [6, 6.07) is 12.7. The van der Waals surface area contributed by atoms with Gasteiger partial charge in [-0.15, -0.1) is 0 Å². The van der Waals surface area contributed by atoms with Gasteiger partial charge in [0.05, 0.1) is 27.3 Å². The maximum atomic E-state index is 13.4. The van der Waals surface area contributed by atoms with Crippen LogP contribution in [-0.2, 0) is 6.54 Å². The van der Waals surface area contributed by atoms with E-state index in [4.69, 9.17) is 23.2 Å². The molecule has 0 atom stereocenters. The lowest BCUT2D eigenvalue weighted by molar-refractivity contribution is 0.0985. The van der Waals surface area contributed by atoms with E-state index in [2.05, 4.69) is 9.97 Å². The normalized spacial score (nSPS) is 11.0. The number of hydrogen-bond donors (Lipinski definition) is 0. The first-order valence-corrected chi connectivity index (χ1v) is 9.80. The smallest absolute Gasteiger partial charge is 0.261 e. The first kappa shape index (κ1) is 18.8. The van der Waals surface area contributed by atoms with Crippen molar-refractivity contribution in [2.45, 2.75) is 6.54 Å². The SMILES string of the molecule is O=C(c1ccc(F)cc1Cl)N(Cc1cccnc1)c1nc2ccc(Cl)cc2s1. The van der Waals surface area contributed by atoms with Gasteiger partial charge in [-0.05, 0) is 48.0 Å². The molecule has 0 saturated carbocycles. The summed E-state index contributed by atoms with van der Waals surface area (Å²) in [5.74, 6) is -0.881. The number of amides is 1. The fourth-order valence-corrected chi connectivity index (χ4v) is 4.20. The van der Waals surface area contributed by atoms with Crippen molar-refractivity contribution in [1.29, 1.82) is 0 Å². The molecule has 2 aromatic heterocycles. The third-order valence-corrected chi connectivity index (χ3v) is 5.63. The number of hydrogen-bond acceptors (Lipinski definition) is 4. The number of aromatic nitrogens is 2. The molecule has 28 heavy (non-hydrogen) atoms. The lowest BCUT2D eigenvalue weighted by Crippen LogP contribution is -2.30. The first-order chi connectivity index (χ1) is 13.5. The Morgan fingerprint density at radius 3 is 2.75 bits per heavy atom. The van der Waals surface area contributed by atoms with E-state index in [-0.39, 0.29) is 23.0 Å². The van der Waals surface area contributed by atoms with Gasteiger partial charge in [0.1, 0.15) is 5.82 Å². The summed E-state index contributed by atoms with van der Waals surface area (Å²) < 4.78 is 14.3. The van der Waals surface area contributed by atoms with Crippen LogP contribution in [0.2, 0.25) is 10.0 Å². The molecule has 0 aliphatic rings. The largest absolute Gasteiger partial charge is 0.279 e. The highest BCUT2D eigenvalue weighted by Crippen LogP contribution is 2.33. The second-order valence-electron chi connectivity index (χ2n) is 5.99. The van der Waals surface area contributed by atoms with Gasteiger partial charge >= 0.3 is 0 Å². The molecule has 0 bridgehead atoms. The van der Waals surface area contributed by atoms with Crippen LogP contribution in [0, 0.1) is 5.82 Å². The van der Waals surface area contributed by atoms with Gasteiger partial charge in [0.25, 0.3) is 5.91 Å². The molecule has 1 amide bonds. The predicted molar refractivity (Wildman–Crippen MR) is 111 cm³/mol. The van der Waals surface area contributed by atoms with Crippen molar-refractivity contribution in [3.05, 3.63) is 87.9 Å². The lowest BCUT2D eigenvalue weighted by atomic mass is 10.2. The molecule has 0 aliphatic carbocycles. The van der Waals surface area contributed by atoms with Crippen LogP contribution in [0.3, 0.4) is 0 Å². The van der Waals surface area contributed by atoms with Gasteiger partial charge in [-0.1, -0.05) is 40.6 Å². The van der Waals surface area contributed by atoms with Crippen LogP contribution < -0.4 is 4.90 Å². The van der Waals surface area contributed by atoms with Crippen molar-refractivity contribution in [1.82, 2.24) is 9.97 Å². The number of fused-ring (bicyclic) bond motifs is 1. The molecule has 0 fully saturated rings. The van der Waals surface area contributed by atoms with Crippen LogP contribution in [0.4, 0.5) is 9.52 Å². The molecule has 0 saturated heterocycles. The molecule has 0 aliphatic heterocycles. The first-order valence-electron chi connectivity index (χ1n) is 8.23. The van der Waals surface area contributed by atoms with Crippen molar-refractivity contribution in [3.8, 4) is 0 Å². The molecule has 0 spiro atoms. The van der Waals surface area contributed by atoms with E-state index >= 15 is 0 Å². The summed E-state index contributed by atoms with van der Waals surface area (Å²) in [5.41, 5.74) is 1.76. The number of nitrogens with zero attached hydrogens (tertiary/aromatic N) is 3. The van der Waals surface area contributed by atoms with E-state index in [0.717, 1.165) is 21.8 Å². The van der Waals surface area contributed by atoms with Gasteiger partial charge in [-0.2, -0.15) is 0 Å². The fraction of sp³-hybridized carbons (Fsp3) is 0.0500. The molecule has 4 nitrogen and oxygen atoms in total. The zero-order chi connectivity index (χ0) is 19.7. The van der Waals surface area contributed by atoms with Crippen LogP contribution in [0.1, 0.15) is 15.9 Å². The molecule has 0 N–H and O–H groups in total. The number of carbonyl (C=O) groups excluding carboxylic acids is 1. The van der Waals surface area contributed by atoms with Gasteiger partial charge in [0, 0.05) is 17.4 Å². The molecule has 0 radical (unpaired) electrons. The van der Waals surface area contributed by atoms with E-state index in [0.29, 0.717) is 10.2 Å². The number of anilines is 1. The standard InChI is InChI=1S/C20H12Cl2FN3OS/c21-13-3-6-17-18(8-13)28-20(25-17)26(11-12-2-1-7-24-10-12)19(27)15-5-4-14(23)9-16(15)22/h1-10H,11H2. The van der Waals surface area contributed by atoms with Crippen molar-refractivity contribution in [2.24, 2.45) is 0 Å². The highest BCUT2D eigenvalue weighted by molar-refractivity contribution is 7.22. The van der Waals surface area contributed by atoms with Crippen molar-refractivity contribution < 1.29 is 9.18 Å². The quantitative estimate of drug-likeness (QED) is 0.398. The van der Waals surface area contributed by atoms with E-state index < -0.39 is 5.82 Å². The summed E-state index contributed by atoms with van der Waals surface area (Å²) in [4.78, 5) is 23.4. The Bertz CT molecular complexity index is 1170. The molecule has 8 heteroatoms. The average molecular weight is 432 g/mol. The maximum absolute atomic E-state index is 13.4. The van der Waals surface area contributed by atoms with Gasteiger partial charge in [-0.25, -0.2) is 9.37 Å². The topological polar surface area (TPSA) is 46.1 Å². The molecule has 2 heterocycles. The average Bonchev–Trinajstić information content (AvgIpc) is 3.09. The second-order valence-corrected chi connectivity index (χ2v) is 7.84. The minimum absolute atomic E-state index is 0.0466. The van der Waals surface area contributed by atoms with Crippen LogP contribution in [0.5, 0.6) is 0 Å². The second kappa shape index (κ2) is 7.83. The Morgan fingerprint density at radius 1 is 1.14 bits per heavy atom. The highest BCUT2D eigenvalue weighted by Gasteiger charge is 2.24. The summed E-state index contributed by atoms with van der Waals surface area (Å²) in [7, 11) is 0. The van der Waals surface area contributed by atoms with Crippen LogP contribution in [0.25, 0.3) is 10.2 Å². The lowest BCUT2D eigenvalue weighted by Gasteiger charge is -2.20. The third kappa shape index (κ3) is 3.85. The van der Waals surface area contributed by atoms with Crippen molar-refractivity contribution >= 4 is 55.8 Å². The Kier molecular flexibility index (Phi) is 5.26. The minimum atomic E-state index is -0.505. The van der Waals surface area contributed by atoms with E-state index in [1.165, 1.54) is 28.4 Å². The Labute approximate surface area is 174 Å². The predicted octanol–water partition coefficient (Wildman–Crippen LogP) is 5.98. The molecule has 4 aromatic rings. The number of carbonyl (C=O) groups is 1. The monoisotopic (exact) mass is 431 g/mol. The van der Waals surface area contributed by atoms with Crippen LogP contribution in [-0.4, -0.2) is 15.9 Å². The maximum Gasteiger partial charge on any atom is 0.261 e. The highest BCUT2D eigenvalue weighted by atomic mass is 35.5. The number of rotatable bonds is 4. The van der Waals surface area contributed by atoms with Crippen LogP contribution in [0.15, 0.2) is 60.9 Å². The van der Waals surface area contributed by atoms with E-state index in [9.17, 15) is 9.18 Å². The summed E-state index contributed by atoms with van der Waals surface area (Å²) >= 11 is 13.5. The molecular formula is C20H12Cl2FN3OS. The molecule has 4 rings (SSSR count). The zero-order valence-electron chi connectivity index (χ0n) is 14.3. The minimum Gasteiger partial charge on any atom is -0.279 e. The Hall–Kier alpha value is -2.54. The zero-order valence-corrected chi connectivity index (χ0v) is 16.6. The van der Waals surface area contributed by atoms with Gasteiger partial charge < -0.3 is 0 Å². The Morgan fingerprint density at radius 2 is 2.00 bits per heavy atom. The van der Waals surface area contributed by atoms with Gasteiger partial charge in [-0.3, -0.25) is 14.7 Å². The fourth-order valence-electron chi connectivity index (χ4n) is 2.71. The number of thiazole rings is 1. The number of pyridine rings is 1. The molecule has 0 unspecified atom stereocenters. The van der Waals surface area contributed by atoms with E-state index in [1.54, 1.807) is 36.7 Å².